The van der Waals surface area contributed by atoms with E-state index >= 15 is 0 Å². The summed E-state index contributed by atoms with van der Waals surface area (Å²) in [5, 5.41) is 12.4. The van der Waals surface area contributed by atoms with Gasteiger partial charge in [0.1, 0.15) is 0 Å². The summed E-state index contributed by atoms with van der Waals surface area (Å²) in [6.07, 6.45) is 1.62. The highest BCUT2D eigenvalue weighted by atomic mass is 15.2. The number of para-hydroxylation sites is 1. The summed E-state index contributed by atoms with van der Waals surface area (Å²) >= 11 is 0. The summed E-state index contributed by atoms with van der Waals surface area (Å²) in [7, 11) is 0. The zero-order chi connectivity index (χ0) is 15.0. The molecule has 110 valence electrons. The molecule has 1 atom stereocenters. The van der Waals surface area contributed by atoms with E-state index in [1.165, 1.54) is 11.3 Å². The van der Waals surface area contributed by atoms with E-state index in [9.17, 15) is 0 Å². The molecule has 0 aliphatic heterocycles. The summed E-state index contributed by atoms with van der Waals surface area (Å²) in [4.78, 5) is 2.33. The highest BCUT2D eigenvalue weighted by molar-refractivity contribution is 5.55. The number of hydrogen-bond acceptors (Lipinski definition) is 3. The third kappa shape index (κ3) is 4.25. The van der Waals surface area contributed by atoms with Gasteiger partial charge in [-0.25, -0.2) is 0 Å². The Morgan fingerprint density at radius 3 is 2.50 bits per heavy atom. The van der Waals surface area contributed by atoms with Gasteiger partial charge in [-0.2, -0.15) is 5.26 Å². The molecule has 0 aromatic heterocycles. The standard InChI is InChI=1S/C17H27N3/c1-5-16(19-6-2)15-10-7-8-11-17(15)20(14(3)4)13-9-12-18/h7-8,10-11,14,16,19H,5-6,9,13H2,1-4H3. The Morgan fingerprint density at radius 2 is 1.95 bits per heavy atom. The average Bonchev–Trinajstić information content (AvgIpc) is 2.45. The molecule has 0 spiro atoms. The molecule has 0 saturated carbocycles. The van der Waals surface area contributed by atoms with Gasteiger partial charge >= 0.3 is 0 Å². The fourth-order valence-electron chi connectivity index (χ4n) is 2.59. The van der Waals surface area contributed by atoms with Gasteiger partial charge in [0.2, 0.25) is 0 Å². The van der Waals surface area contributed by atoms with Crippen molar-refractivity contribution in [2.45, 2.75) is 52.6 Å². The number of benzene rings is 1. The molecule has 1 N–H and O–H groups in total. The topological polar surface area (TPSA) is 39.1 Å². The van der Waals surface area contributed by atoms with E-state index in [-0.39, 0.29) is 0 Å². The predicted octanol–water partition coefficient (Wildman–Crippen LogP) is 3.88. The summed E-state index contributed by atoms with van der Waals surface area (Å²) < 4.78 is 0. The monoisotopic (exact) mass is 273 g/mol. The Balaban J connectivity index is 3.11. The van der Waals surface area contributed by atoms with Crippen molar-refractivity contribution in [2.75, 3.05) is 18.0 Å². The van der Waals surface area contributed by atoms with E-state index in [4.69, 9.17) is 5.26 Å². The van der Waals surface area contributed by atoms with Gasteiger partial charge < -0.3 is 10.2 Å². The maximum Gasteiger partial charge on any atom is 0.0640 e. The molecule has 0 radical (unpaired) electrons. The lowest BCUT2D eigenvalue weighted by Crippen LogP contribution is -2.33. The van der Waals surface area contributed by atoms with Crippen molar-refractivity contribution in [3.8, 4) is 6.07 Å². The van der Waals surface area contributed by atoms with E-state index in [0.29, 0.717) is 18.5 Å². The van der Waals surface area contributed by atoms with Crippen molar-refractivity contribution >= 4 is 5.69 Å². The third-order valence-corrected chi connectivity index (χ3v) is 3.57. The van der Waals surface area contributed by atoms with Crippen LogP contribution in [0.15, 0.2) is 24.3 Å². The number of hydrogen-bond donors (Lipinski definition) is 1. The van der Waals surface area contributed by atoms with Crippen molar-refractivity contribution in [3.05, 3.63) is 29.8 Å². The highest BCUT2D eigenvalue weighted by Crippen LogP contribution is 2.29. The van der Waals surface area contributed by atoms with Gasteiger partial charge in [-0.05, 0) is 38.4 Å². The van der Waals surface area contributed by atoms with Crippen LogP contribution in [0.25, 0.3) is 0 Å². The summed E-state index contributed by atoms with van der Waals surface area (Å²) in [5.74, 6) is 0. The molecule has 0 heterocycles. The van der Waals surface area contributed by atoms with Gasteiger partial charge in [0.15, 0.2) is 0 Å². The van der Waals surface area contributed by atoms with Crippen LogP contribution in [-0.2, 0) is 0 Å². The van der Waals surface area contributed by atoms with E-state index in [2.05, 4.69) is 68.2 Å². The van der Waals surface area contributed by atoms with Crippen LogP contribution < -0.4 is 10.2 Å². The SMILES string of the molecule is CCNC(CC)c1ccccc1N(CCC#N)C(C)C. The van der Waals surface area contributed by atoms with Crippen molar-refractivity contribution < 1.29 is 0 Å². The van der Waals surface area contributed by atoms with Crippen molar-refractivity contribution in [1.82, 2.24) is 5.32 Å². The van der Waals surface area contributed by atoms with Gasteiger partial charge in [0, 0.05) is 24.3 Å². The van der Waals surface area contributed by atoms with Crippen LogP contribution in [0.2, 0.25) is 0 Å². The van der Waals surface area contributed by atoms with Crippen LogP contribution >= 0.6 is 0 Å². The Labute approximate surface area is 123 Å². The van der Waals surface area contributed by atoms with E-state index in [1.54, 1.807) is 0 Å². The Bertz CT molecular complexity index is 434. The zero-order valence-corrected chi connectivity index (χ0v) is 13.2. The van der Waals surface area contributed by atoms with Gasteiger partial charge in [-0.15, -0.1) is 0 Å². The predicted molar refractivity (Wildman–Crippen MR) is 85.9 cm³/mol. The molecule has 3 nitrogen and oxygen atoms in total. The van der Waals surface area contributed by atoms with Crippen LogP contribution in [0, 0.1) is 11.3 Å². The molecule has 0 aliphatic carbocycles. The molecule has 0 fully saturated rings. The largest absolute Gasteiger partial charge is 0.368 e. The second kappa shape index (κ2) is 8.60. The highest BCUT2D eigenvalue weighted by Gasteiger charge is 2.18. The first kappa shape index (κ1) is 16.5. The Morgan fingerprint density at radius 1 is 1.25 bits per heavy atom. The number of nitrogens with zero attached hydrogens (tertiary/aromatic N) is 2. The molecular formula is C17H27N3. The number of nitriles is 1. The van der Waals surface area contributed by atoms with Crippen molar-refractivity contribution in [2.24, 2.45) is 0 Å². The number of rotatable bonds is 8. The van der Waals surface area contributed by atoms with E-state index in [0.717, 1.165) is 19.5 Å². The molecule has 0 amide bonds. The van der Waals surface area contributed by atoms with Gasteiger partial charge in [0.25, 0.3) is 0 Å². The van der Waals surface area contributed by atoms with Crippen molar-refractivity contribution in [3.63, 3.8) is 0 Å². The van der Waals surface area contributed by atoms with Crippen LogP contribution in [0.1, 0.15) is 52.1 Å². The summed E-state index contributed by atoms with van der Waals surface area (Å²) in [5.41, 5.74) is 2.59. The lowest BCUT2D eigenvalue weighted by Gasteiger charge is -2.32. The summed E-state index contributed by atoms with van der Waals surface area (Å²) in [6.45, 7) is 10.5. The fraction of sp³-hybridized carbons (Fsp3) is 0.588. The molecule has 0 saturated heterocycles. The maximum absolute atomic E-state index is 8.86. The fourth-order valence-corrected chi connectivity index (χ4v) is 2.59. The minimum absolute atomic E-state index is 0.375. The van der Waals surface area contributed by atoms with Crippen molar-refractivity contribution in [1.29, 1.82) is 5.26 Å². The van der Waals surface area contributed by atoms with Gasteiger partial charge in [-0.1, -0.05) is 32.0 Å². The molecule has 1 aromatic carbocycles. The number of nitrogens with one attached hydrogen (secondary N) is 1. The van der Waals surface area contributed by atoms with Crippen LogP contribution in [0.5, 0.6) is 0 Å². The van der Waals surface area contributed by atoms with Gasteiger partial charge in [0.05, 0.1) is 12.5 Å². The van der Waals surface area contributed by atoms with Crippen LogP contribution in [0.4, 0.5) is 5.69 Å². The van der Waals surface area contributed by atoms with E-state index < -0.39 is 0 Å². The first-order valence-corrected chi connectivity index (χ1v) is 7.61. The normalized spacial score (nSPS) is 12.2. The first-order valence-electron chi connectivity index (χ1n) is 7.61. The van der Waals surface area contributed by atoms with E-state index in [1.807, 2.05) is 0 Å². The molecular weight excluding hydrogens is 246 g/mol. The lowest BCUT2D eigenvalue weighted by molar-refractivity contribution is 0.534. The number of anilines is 1. The Kier molecular flexibility index (Phi) is 7.11. The molecule has 1 aromatic rings. The minimum atomic E-state index is 0.375. The van der Waals surface area contributed by atoms with Crippen LogP contribution in [-0.4, -0.2) is 19.1 Å². The molecule has 1 rings (SSSR count). The second-order valence-electron chi connectivity index (χ2n) is 5.27. The minimum Gasteiger partial charge on any atom is -0.368 e. The quantitative estimate of drug-likeness (QED) is 0.781. The average molecular weight is 273 g/mol. The molecule has 0 bridgehead atoms. The zero-order valence-electron chi connectivity index (χ0n) is 13.2. The molecule has 0 aliphatic rings. The Hall–Kier alpha value is -1.53. The molecule has 20 heavy (non-hydrogen) atoms. The molecule has 1 unspecified atom stereocenters. The second-order valence-corrected chi connectivity index (χ2v) is 5.27. The summed E-state index contributed by atoms with van der Waals surface area (Å²) in [6, 6.07) is 11.6. The smallest absolute Gasteiger partial charge is 0.0640 e. The molecule has 3 heteroatoms. The first-order chi connectivity index (χ1) is 9.65. The third-order valence-electron chi connectivity index (χ3n) is 3.57. The van der Waals surface area contributed by atoms with Gasteiger partial charge in [-0.3, -0.25) is 0 Å². The lowest BCUT2D eigenvalue weighted by atomic mass is 10.0. The maximum atomic E-state index is 8.86. The van der Waals surface area contributed by atoms with Crippen LogP contribution in [0.3, 0.4) is 0 Å².